The lowest BCUT2D eigenvalue weighted by Crippen LogP contribution is -2.08. The molecule has 90 valence electrons. The highest BCUT2D eigenvalue weighted by atomic mass is 19.1. The number of aryl methyl sites for hydroxylation is 2. The number of nitrogens with zero attached hydrogens (tertiary/aromatic N) is 3. The van der Waals surface area contributed by atoms with Crippen molar-refractivity contribution in [2.24, 2.45) is 7.05 Å². The van der Waals surface area contributed by atoms with Crippen LogP contribution in [0, 0.1) is 19.7 Å². The predicted molar refractivity (Wildman–Crippen MR) is 64.2 cm³/mol. The van der Waals surface area contributed by atoms with Crippen molar-refractivity contribution in [3.05, 3.63) is 41.2 Å². The number of halogens is 1. The van der Waals surface area contributed by atoms with Gasteiger partial charge in [0.15, 0.2) is 5.82 Å². The average molecular weight is 234 g/mol. The van der Waals surface area contributed by atoms with E-state index in [1.54, 1.807) is 19.1 Å². The molecule has 0 saturated heterocycles. The minimum absolute atomic E-state index is 0.216. The molecule has 0 fully saturated rings. The number of nitrogens with one attached hydrogen (secondary N) is 1. The smallest absolute Gasteiger partial charge is 0.152 e. The van der Waals surface area contributed by atoms with Gasteiger partial charge in [0, 0.05) is 7.05 Å². The molecule has 0 aliphatic heterocycles. The maximum absolute atomic E-state index is 13.7. The first-order valence-corrected chi connectivity index (χ1v) is 5.43. The van der Waals surface area contributed by atoms with Crippen molar-refractivity contribution in [3.63, 3.8) is 0 Å². The molecule has 17 heavy (non-hydrogen) atoms. The third-order valence-corrected chi connectivity index (χ3v) is 2.81. The summed E-state index contributed by atoms with van der Waals surface area (Å²) in [5.41, 5.74) is 1.12. The van der Waals surface area contributed by atoms with Crippen LogP contribution in [0.3, 0.4) is 0 Å². The summed E-state index contributed by atoms with van der Waals surface area (Å²) in [4.78, 5) is 0. The standard InChI is InChI=1S/C12H15FN4/c1-8-5-4-6-10(12(8)13)14-7-11-16-15-9(2)17(11)3/h4-6,14H,7H2,1-3H3. The first-order chi connectivity index (χ1) is 8.09. The number of benzene rings is 1. The average Bonchev–Trinajstić information content (AvgIpc) is 2.62. The molecule has 0 saturated carbocycles. The van der Waals surface area contributed by atoms with E-state index in [0.717, 1.165) is 11.6 Å². The Bertz CT molecular complexity index is 533. The maximum atomic E-state index is 13.7. The number of anilines is 1. The molecule has 0 radical (unpaired) electrons. The van der Waals surface area contributed by atoms with E-state index in [4.69, 9.17) is 0 Å². The molecule has 0 amide bonds. The van der Waals surface area contributed by atoms with E-state index in [2.05, 4.69) is 15.5 Å². The second-order valence-corrected chi connectivity index (χ2v) is 4.01. The van der Waals surface area contributed by atoms with Gasteiger partial charge < -0.3 is 9.88 Å². The van der Waals surface area contributed by atoms with Crippen LogP contribution in [-0.2, 0) is 13.6 Å². The first-order valence-electron chi connectivity index (χ1n) is 5.43. The summed E-state index contributed by atoms with van der Waals surface area (Å²) in [6, 6.07) is 5.28. The van der Waals surface area contributed by atoms with Gasteiger partial charge in [0.2, 0.25) is 0 Å². The molecule has 0 aliphatic carbocycles. The fourth-order valence-electron chi connectivity index (χ4n) is 1.56. The van der Waals surface area contributed by atoms with E-state index < -0.39 is 0 Å². The van der Waals surface area contributed by atoms with Gasteiger partial charge in [-0.2, -0.15) is 0 Å². The molecule has 2 aromatic rings. The van der Waals surface area contributed by atoms with E-state index in [9.17, 15) is 4.39 Å². The van der Waals surface area contributed by atoms with Gasteiger partial charge in [0.1, 0.15) is 11.6 Å². The second kappa shape index (κ2) is 4.53. The Morgan fingerprint density at radius 1 is 1.29 bits per heavy atom. The van der Waals surface area contributed by atoms with E-state index in [1.165, 1.54) is 0 Å². The minimum atomic E-state index is -0.216. The van der Waals surface area contributed by atoms with Crippen molar-refractivity contribution in [1.29, 1.82) is 0 Å². The van der Waals surface area contributed by atoms with Gasteiger partial charge in [-0.05, 0) is 25.5 Å². The Labute approximate surface area is 99.5 Å². The molecule has 0 aliphatic rings. The van der Waals surface area contributed by atoms with Crippen molar-refractivity contribution in [2.45, 2.75) is 20.4 Å². The molecule has 0 bridgehead atoms. The zero-order valence-corrected chi connectivity index (χ0v) is 10.2. The molecule has 1 heterocycles. The third-order valence-electron chi connectivity index (χ3n) is 2.81. The highest BCUT2D eigenvalue weighted by Gasteiger charge is 2.07. The number of rotatable bonds is 3. The zero-order valence-electron chi connectivity index (χ0n) is 10.2. The van der Waals surface area contributed by atoms with Gasteiger partial charge in [0.05, 0.1) is 12.2 Å². The van der Waals surface area contributed by atoms with Crippen LogP contribution in [-0.4, -0.2) is 14.8 Å². The van der Waals surface area contributed by atoms with Gasteiger partial charge in [-0.25, -0.2) is 4.39 Å². The van der Waals surface area contributed by atoms with E-state index in [-0.39, 0.29) is 5.82 Å². The molecule has 0 atom stereocenters. The fraction of sp³-hybridized carbons (Fsp3) is 0.333. The maximum Gasteiger partial charge on any atom is 0.152 e. The van der Waals surface area contributed by atoms with Crippen LogP contribution in [0.25, 0.3) is 0 Å². The topological polar surface area (TPSA) is 42.7 Å². The van der Waals surface area contributed by atoms with Crippen LogP contribution >= 0.6 is 0 Å². The van der Waals surface area contributed by atoms with Crippen LogP contribution in [0.5, 0.6) is 0 Å². The molecule has 4 nitrogen and oxygen atoms in total. The SMILES string of the molecule is Cc1cccc(NCc2nnc(C)n2C)c1F. The molecule has 1 aromatic heterocycles. The third kappa shape index (κ3) is 2.27. The minimum Gasteiger partial charge on any atom is -0.375 e. The lowest BCUT2D eigenvalue weighted by atomic mass is 10.2. The van der Waals surface area contributed by atoms with Crippen molar-refractivity contribution in [2.75, 3.05) is 5.32 Å². The Morgan fingerprint density at radius 3 is 2.71 bits per heavy atom. The Morgan fingerprint density at radius 2 is 2.06 bits per heavy atom. The lowest BCUT2D eigenvalue weighted by Gasteiger charge is -2.08. The van der Waals surface area contributed by atoms with E-state index >= 15 is 0 Å². The number of hydrogen-bond acceptors (Lipinski definition) is 3. The van der Waals surface area contributed by atoms with Crippen LogP contribution in [0.4, 0.5) is 10.1 Å². The van der Waals surface area contributed by atoms with Gasteiger partial charge in [-0.3, -0.25) is 0 Å². The van der Waals surface area contributed by atoms with Crippen molar-refractivity contribution in [1.82, 2.24) is 14.8 Å². The van der Waals surface area contributed by atoms with Gasteiger partial charge in [0.25, 0.3) is 0 Å². The highest BCUT2D eigenvalue weighted by Crippen LogP contribution is 2.17. The van der Waals surface area contributed by atoms with E-state index in [0.29, 0.717) is 17.8 Å². The van der Waals surface area contributed by atoms with Crippen LogP contribution in [0.2, 0.25) is 0 Å². The number of hydrogen-bond donors (Lipinski definition) is 1. The number of aromatic nitrogens is 3. The molecule has 5 heteroatoms. The second-order valence-electron chi connectivity index (χ2n) is 4.01. The van der Waals surface area contributed by atoms with Crippen LogP contribution in [0.15, 0.2) is 18.2 Å². The molecule has 0 spiro atoms. The summed E-state index contributed by atoms with van der Waals surface area (Å²) in [5, 5.41) is 11.0. The van der Waals surface area contributed by atoms with Gasteiger partial charge in [-0.1, -0.05) is 12.1 Å². The molecular weight excluding hydrogens is 219 g/mol. The summed E-state index contributed by atoms with van der Waals surface area (Å²) < 4.78 is 15.6. The van der Waals surface area contributed by atoms with Crippen molar-refractivity contribution >= 4 is 5.69 Å². The van der Waals surface area contributed by atoms with Gasteiger partial charge >= 0.3 is 0 Å². The zero-order chi connectivity index (χ0) is 12.4. The quantitative estimate of drug-likeness (QED) is 0.885. The monoisotopic (exact) mass is 234 g/mol. The Hall–Kier alpha value is -1.91. The summed E-state index contributed by atoms with van der Waals surface area (Å²) in [7, 11) is 1.89. The summed E-state index contributed by atoms with van der Waals surface area (Å²) >= 11 is 0. The fourth-order valence-corrected chi connectivity index (χ4v) is 1.56. The largest absolute Gasteiger partial charge is 0.375 e. The molecular formula is C12H15FN4. The molecule has 0 unspecified atom stereocenters. The van der Waals surface area contributed by atoms with Gasteiger partial charge in [-0.15, -0.1) is 10.2 Å². The summed E-state index contributed by atoms with van der Waals surface area (Å²) in [6.07, 6.45) is 0. The molecule has 1 aromatic carbocycles. The Balaban J connectivity index is 2.13. The van der Waals surface area contributed by atoms with Crippen molar-refractivity contribution < 1.29 is 4.39 Å². The molecule has 2 rings (SSSR count). The Kier molecular flexibility index (Phi) is 3.08. The van der Waals surface area contributed by atoms with Crippen LogP contribution < -0.4 is 5.32 Å². The first kappa shape index (κ1) is 11.6. The normalized spacial score (nSPS) is 10.6. The summed E-state index contributed by atoms with van der Waals surface area (Å²) in [6.45, 7) is 4.08. The summed E-state index contributed by atoms with van der Waals surface area (Å²) in [5.74, 6) is 1.40. The highest BCUT2D eigenvalue weighted by molar-refractivity contribution is 5.47. The van der Waals surface area contributed by atoms with Crippen molar-refractivity contribution in [3.8, 4) is 0 Å². The molecule has 1 N–H and O–H groups in total. The van der Waals surface area contributed by atoms with Crippen LogP contribution in [0.1, 0.15) is 17.2 Å². The predicted octanol–water partition coefficient (Wildman–Crippen LogP) is 2.18. The van der Waals surface area contributed by atoms with E-state index in [1.807, 2.05) is 24.6 Å². The lowest BCUT2D eigenvalue weighted by molar-refractivity contribution is 0.620.